The van der Waals surface area contributed by atoms with Gasteiger partial charge in [0.1, 0.15) is 6.07 Å². The van der Waals surface area contributed by atoms with Crippen LogP contribution in [0.5, 0.6) is 0 Å². The maximum absolute atomic E-state index is 12.6. The van der Waals surface area contributed by atoms with Crippen molar-refractivity contribution in [2.45, 2.75) is 20.3 Å². The van der Waals surface area contributed by atoms with E-state index in [0.29, 0.717) is 12.3 Å². The highest BCUT2D eigenvalue weighted by atomic mass is 16.6. The molecule has 2 rings (SSSR count). The number of rotatable bonds is 6. The Morgan fingerprint density at radius 2 is 1.93 bits per heavy atom. The van der Waals surface area contributed by atoms with Crippen molar-refractivity contribution in [2.24, 2.45) is 5.92 Å². The Morgan fingerprint density at radius 3 is 2.57 bits per heavy atom. The number of hydrogen-bond acceptors (Lipinski definition) is 7. The quantitative estimate of drug-likeness (QED) is 0.485. The molecule has 1 heterocycles. The standard InChI is InChI=1S/C20H23N5O5/c1-12(2)8-9-30-20(28)24-23-18(26)14-6-4-5-7-15(14)25-11-13(10-21)16(22)17(25)19(27)29-3/h4-7,11-12H,8-9,22H2,1-3H3,(H,23,26)(H,24,28). The predicted molar refractivity (Wildman–Crippen MR) is 108 cm³/mol. The van der Waals surface area contributed by atoms with Gasteiger partial charge in [-0.2, -0.15) is 5.26 Å². The molecule has 0 saturated carbocycles. The van der Waals surface area contributed by atoms with E-state index in [2.05, 4.69) is 10.9 Å². The number of nitrogens with one attached hydrogen (secondary N) is 2. The third-order valence-electron chi connectivity index (χ3n) is 4.16. The zero-order valence-electron chi connectivity index (χ0n) is 16.9. The molecule has 2 amide bonds. The van der Waals surface area contributed by atoms with E-state index in [1.54, 1.807) is 18.2 Å². The monoisotopic (exact) mass is 413 g/mol. The zero-order chi connectivity index (χ0) is 22.3. The fourth-order valence-electron chi connectivity index (χ4n) is 2.58. The Morgan fingerprint density at radius 1 is 1.23 bits per heavy atom. The van der Waals surface area contributed by atoms with Gasteiger partial charge in [-0.3, -0.25) is 10.2 Å². The second kappa shape index (κ2) is 9.97. The Kier molecular flexibility index (Phi) is 7.41. The topological polar surface area (TPSA) is 148 Å². The van der Waals surface area contributed by atoms with Crippen molar-refractivity contribution in [3.05, 3.63) is 47.3 Å². The van der Waals surface area contributed by atoms with E-state index >= 15 is 0 Å². The average Bonchev–Trinajstić information content (AvgIpc) is 3.07. The van der Waals surface area contributed by atoms with Gasteiger partial charge in [0, 0.05) is 6.20 Å². The van der Waals surface area contributed by atoms with Crippen LogP contribution in [0.2, 0.25) is 0 Å². The van der Waals surface area contributed by atoms with Crippen molar-refractivity contribution < 1.29 is 23.9 Å². The van der Waals surface area contributed by atoms with E-state index in [-0.39, 0.29) is 34.8 Å². The van der Waals surface area contributed by atoms with Gasteiger partial charge in [-0.05, 0) is 24.5 Å². The van der Waals surface area contributed by atoms with Gasteiger partial charge < -0.3 is 19.8 Å². The predicted octanol–water partition coefficient (Wildman–Crippen LogP) is 2.13. The van der Waals surface area contributed by atoms with Gasteiger partial charge in [-0.15, -0.1) is 0 Å². The maximum atomic E-state index is 12.6. The molecular formula is C20H23N5O5. The summed E-state index contributed by atoms with van der Waals surface area (Å²) in [6.07, 6.45) is 1.23. The summed E-state index contributed by atoms with van der Waals surface area (Å²) in [7, 11) is 1.18. The Bertz CT molecular complexity index is 990. The smallest absolute Gasteiger partial charge is 0.426 e. The van der Waals surface area contributed by atoms with Gasteiger partial charge in [0.25, 0.3) is 5.91 Å². The molecule has 1 aromatic heterocycles. The van der Waals surface area contributed by atoms with Crippen LogP contribution in [0.25, 0.3) is 5.69 Å². The van der Waals surface area contributed by atoms with Crippen molar-refractivity contribution in [1.29, 1.82) is 5.26 Å². The van der Waals surface area contributed by atoms with E-state index in [4.69, 9.17) is 15.2 Å². The van der Waals surface area contributed by atoms with Gasteiger partial charge in [0.15, 0.2) is 5.69 Å². The van der Waals surface area contributed by atoms with E-state index in [1.807, 2.05) is 19.9 Å². The van der Waals surface area contributed by atoms with E-state index in [0.717, 1.165) is 0 Å². The normalized spacial score (nSPS) is 10.2. The number of anilines is 1. The van der Waals surface area contributed by atoms with Gasteiger partial charge in [-0.25, -0.2) is 15.0 Å². The van der Waals surface area contributed by atoms with Crippen molar-refractivity contribution in [2.75, 3.05) is 19.5 Å². The van der Waals surface area contributed by atoms with Crippen LogP contribution >= 0.6 is 0 Å². The number of nitrogen functional groups attached to an aromatic ring is 1. The summed E-state index contributed by atoms with van der Waals surface area (Å²) >= 11 is 0. The summed E-state index contributed by atoms with van der Waals surface area (Å²) in [5.74, 6) is -1.06. The summed E-state index contributed by atoms with van der Waals surface area (Å²) in [6.45, 7) is 4.21. The number of nitriles is 1. The SMILES string of the molecule is COC(=O)c1c(N)c(C#N)cn1-c1ccccc1C(=O)NNC(=O)OCCC(C)C. The van der Waals surface area contributed by atoms with Gasteiger partial charge in [-0.1, -0.05) is 26.0 Å². The van der Waals surface area contributed by atoms with Crippen LogP contribution in [0, 0.1) is 17.2 Å². The molecule has 10 nitrogen and oxygen atoms in total. The van der Waals surface area contributed by atoms with Crippen molar-refractivity contribution in [3.63, 3.8) is 0 Å². The number of amides is 2. The third-order valence-corrected chi connectivity index (χ3v) is 4.16. The van der Waals surface area contributed by atoms with Crippen molar-refractivity contribution >= 4 is 23.7 Å². The third kappa shape index (κ3) is 5.08. The lowest BCUT2D eigenvalue weighted by Crippen LogP contribution is -2.42. The molecule has 0 spiro atoms. The average molecular weight is 413 g/mol. The van der Waals surface area contributed by atoms with E-state index in [1.165, 1.54) is 23.9 Å². The van der Waals surface area contributed by atoms with Crippen molar-refractivity contribution in [1.82, 2.24) is 15.4 Å². The number of ether oxygens (including phenoxy) is 2. The molecule has 4 N–H and O–H groups in total. The molecule has 10 heteroatoms. The number of hydrazine groups is 1. The van der Waals surface area contributed by atoms with Crippen LogP contribution < -0.4 is 16.6 Å². The molecule has 0 saturated heterocycles. The molecular weight excluding hydrogens is 390 g/mol. The second-order valence-corrected chi connectivity index (χ2v) is 6.69. The molecule has 0 aliphatic rings. The molecule has 1 aromatic carbocycles. The number of carbonyl (C=O) groups is 3. The summed E-state index contributed by atoms with van der Waals surface area (Å²) in [5.41, 5.74) is 10.6. The summed E-state index contributed by atoms with van der Waals surface area (Å²) < 4.78 is 11.0. The van der Waals surface area contributed by atoms with Crippen LogP contribution in [0.3, 0.4) is 0 Å². The first kappa shape index (κ1) is 22.3. The molecule has 30 heavy (non-hydrogen) atoms. The number of nitrogens with two attached hydrogens (primary N) is 1. The van der Waals surface area contributed by atoms with Crippen LogP contribution in [0.1, 0.15) is 46.7 Å². The molecule has 0 radical (unpaired) electrons. The molecule has 0 aliphatic heterocycles. The van der Waals surface area contributed by atoms with Gasteiger partial charge in [0.2, 0.25) is 0 Å². The molecule has 0 unspecified atom stereocenters. The zero-order valence-corrected chi connectivity index (χ0v) is 16.9. The molecule has 0 fully saturated rings. The highest BCUT2D eigenvalue weighted by Crippen LogP contribution is 2.26. The van der Waals surface area contributed by atoms with Crippen LogP contribution in [0.4, 0.5) is 10.5 Å². The largest absolute Gasteiger partial charge is 0.464 e. The summed E-state index contributed by atoms with van der Waals surface area (Å²) in [5, 5.41) is 9.25. The number of nitrogens with zero attached hydrogens (tertiary/aromatic N) is 2. The number of carbonyl (C=O) groups excluding carboxylic acids is 3. The fraction of sp³-hybridized carbons (Fsp3) is 0.300. The lowest BCUT2D eigenvalue weighted by atomic mass is 10.1. The Labute approximate surface area is 173 Å². The number of aromatic nitrogens is 1. The Balaban J connectivity index is 2.27. The van der Waals surface area contributed by atoms with Gasteiger partial charge in [0.05, 0.1) is 36.2 Å². The lowest BCUT2D eigenvalue weighted by Gasteiger charge is -2.14. The minimum atomic E-state index is -0.797. The highest BCUT2D eigenvalue weighted by Gasteiger charge is 2.24. The first-order valence-electron chi connectivity index (χ1n) is 9.11. The molecule has 0 bridgehead atoms. The number of methoxy groups -OCH3 is 1. The van der Waals surface area contributed by atoms with E-state index in [9.17, 15) is 19.6 Å². The Hall–Kier alpha value is -4.00. The summed E-state index contributed by atoms with van der Waals surface area (Å²) in [6, 6.07) is 8.19. The number of esters is 1. The number of benzene rings is 1. The fourth-order valence-corrected chi connectivity index (χ4v) is 2.58. The van der Waals surface area contributed by atoms with Crippen LogP contribution in [-0.4, -0.2) is 36.3 Å². The van der Waals surface area contributed by atoms with E-state index < -0.39 is 18.0 Å². The minimum absolute atomic E-state index is 0.0532. The lowest BCUT2D eigenvalue weighted by molar-refractivity contribution is 0.0592. The van der Waals surface area contributed by atoms with Crippen LogP contribution in [-0.2, 0) is 9.47 Å². The number of hydrogen-bond donors (Lipinski definition) is 3. The minimum Gasteiger partial charge on any atom is -0.464 e. The second-order valence-electron chi connectivity index (χ2n) is 6.69. The number of para-hydroxylation sites is 1. The summed E-state index contributed by atoms with van der Waals surface area (Å²) in [4.78, 5) is 36.5. The van der Waals surface area contributed by atoms with Gasteiger partial charge >= 0.3 is 12.1 Å². The molecule has 158 valence electrons. The molecule has 0 aliphatic carbocycles. The molecule has 2 aromatic rings. The van der Waals surface area contributed by atoms with Crippen LogP contribution in [0.15, 0.2) is 30.5 Å². The van der Waals surface area contributed by atoms with Crippen molar-refractivity contribution in [3.8, 4) is 11.8 Å². The first-order chi connectivity index (χ1) is 14.3. The first-order valence-corrected chi connectivity index (χ1v) is 9.11. The maximum Gasteiger partial charge on any atom is 0.426 e. The highest BCUT2D eigenvalue weighted by molar-refractivity contribution is 6.00. The molecule has 0 atom stereocenters.